The molecule has 0 spiro atoms. The highest BCUT2D eigenvalue weighted by Crippen LogP contribution is 2.17. The van der Waals surface area contributed by atoms with E-state index in [0.29, 0.717) is 5.95 Å². The number of nitrogens with zero attached hydrogens (tertiary/aromatic N) is 5. The lowest BCUT2D eigenvalue weighted by atomic mass is 10.3. The van der Waals surface area contributed by atoms with Gasteiger partial charge in [-0.15, -0.1) is 4.98 Å². The fraction of sp³-hybridized carbons (Fsp3) is 0.769. The quantitative estimate of drug-likeness (QED) is 0.768. The maximum atomic E-state index is 5.58. The van der Waals surface area contributed by atoms with E-state index in [1.807, 2.05) is 0 Å². The minimum absolute atomic E-state index is 0.279. The average Bonchev–Trinajstić information content (AvgIpc) is 2.78. The molecule has 1 aromatic heterocycles. The predicted octanol–water partition coefficient (Wildman–Crippen LogP) is -0.250. The average molecular weight is 296 g/mol. The molecule has 0 aromatic carbocycles. The zero-order valence-corrected chi connectivity index (χ0v) is 12.8. The summed E-state index contributed by atoms with van der Waals surface area (Å²) >= 11 is 0. The Hall–Kier alpha value is -1.67. The van der Waals surface area contributed by atoms with Crippen LogP contribution < -0.4 is 20.1 Å². The summed E-state index contributed by atoms with van der Waals surface area (Å²) in [6.45, 7) is 5.64. The molecular formula is C13H24N6O2. The van der Waals surface area contributed by atoms with Crippen LogP contribution in [0.3, 0.4) is 0 Å². The van der Waals surface area contributed by atoms with Gasteiger partial charge in [0.25, 0.3) is 0 Å². The van der Waals surface area contributed by atoms with Crippen molar-refractivity contribution in [3.63, 3.8) is 0 Å². The van der Waals surface area contributed by atoms with Crippen LogP contribution in [0.2, 0.25) is 0 Å². The van der Waals surface area contributed by atoms with Crippen LogP contribution in [0.1, 0.15) is 12.8 Å². The lowest BCUT2D eigenvalue weighted by Crippen LogP contribution is -2.33. The predicted molar refractivity (Wildman–Crippen MR) is 79.9 cm³/mol. The van der Waals surface area contributed by atoms with Gasteiger partial charge in [-0.3, -0.25) is 0 Å². The molecule has 118 valence electrons. The van der Waals surface area contributed by atoms with E-state index in [1.165, 1.54) is 14.2 Å². The van der Waals surface area contributed by atoms with E-state index in [4.69, 9.17) is 15.2 Å². The van der Waals surface area contributed by atoms with Gasteiger partial charge in [0.2, 0.25) is 5.95 Å². The van der Waals surface area contributed by atoms with Gasteiger partial charge < -0.3 is 25.0 Å². The lowest BCUT2D eigenvalue weighted by molar-refractivity contribution is 0.291. The van der Waals surface area contributed by atoms with E-state index in [-0.39, 0.29) is 12.0 Å². The Labute approximate surface area is 125 Å². The monoisotopic (exact) mass is 296 g/mol. The van der Waals surface area contributed by atoms with Crippen LogP contribution in [0.4, 0.5) is 5.95 Å². The van der Waals surface area contributed by atoms with Crippen LogP contribution in [0, 0.1) is 0 Å². The fourth-order valence-electron chi connectivity index (χ4n) is 2.36. The molecule has 0 bridgehead atoms. The molecule has 0 amide bonds. The van der Waals surface area contributed by atoms with E-state index in [0.717, 1.165) is 52.1 Å². The molecule has 1 aliphatic heterocycles. The van der Waals surface area contributed by atoms with Crippen LogP contribution in [0.25, 0.3) is 0 Å². The molecule has 8 heteroatoms. The molecular weight excluding hydrogens is 272 g/mol. The number of aromatic nitrogens is 3. The number of methoxy groups -OCH3 is 2. The molecule has 2 N–H and O–H groups in total. The van der Waals surface area contributed by atoms with Crippen molar-refractivity contribution in [1.29, 1.82) is 0 Å². The number of hydrogen-bond acceptors (Lipinski definition) is 8. The van der Waals surface area contributed by atoms with Gasteiger partial charge in [0.1, 0.15) is 0 Å². The molecule has 2 rings (SSSR count). The van der Waals surface area contributed by atoms with E-state index < -0.39 is 0 Å². The Balaban J connectivity index is 2.04. The first-order valence-electron chi connectivity index (χ1n) is 7.28. The Morgan fingerprint density at radius 1 is 1.00 bits per heavy atom. The normalized spacial score (nSPS) is 16.6. The molecule has 0 radical (unpaired) electrons. The van der Waals surface area contributed by atoms with Crippen molar-refractivity contribution >= 4 is 5.95 Å². The highest BCUT2D eigenvalue weighted by Gasteiger charge is 2.18. The largest absolute Gasteiger partial charge is 0.467 e. The second-order valence-electron chi connectivity index (χ2n) is 4.93. The Kier molecular flexibility index (Phi) is 5.94. The molecule has 1 aliphatic rings. The summed E-state index contributed by atoms with van der Waals surface area (Å²) in [5.41, 5.74) is 5.58. The zero-order chi connectivity index (χ0) is 15.1. The number of ether oxygens (including phenoxy) is 2. The minimum Gasteiger partial charge on any atom is -0.467 e. The van der Waals surface area contributed by atoms with Gasteiger partial charge in [-0.1, -0.05) is 0 Å². The van der Waals surface area contributed by atoms with Crippen molar-refractivity contribution in [1.82, 2.24) is 19.9 Å². The van der Waals surface area contributed by atoms with Crippen LogP contribution in [0.5, 0.6) is 12.0 Å². The maximum Gasteiger partial charge on any atom is 0.324 e. The topological polar surface area (TPSA) is 89.6 Å². The number of hydrogen-bond donors (Lipinski definition) is 1. The SMILES string of the molecule is COc1nc(OC)nc(N2CCCN(CCCN)CC2)n1. The highest BCUT2D eigenvalue weighted by molar-refractivity contribution is 5.32. The summed E-state index contributed by atoms with van der Waals surface area (Å²) in [6.07, 6.45) is 2.11. The summed E-state index contributed by atoms with van der Waals surface area (Å²) in [5, 5.41) is 0. The third-order valence-electron chi connectivity index (χ3n) is 3.50. The minimum atomic E-state index is 0.279. The second kappa shape index (κ2) is 7.94. The molecule has 1 aromatic rings. The third kappa shape index (κ3) is 4.40. The van der Waals surface area contributed by atoms with E-state index in [9.17, 15) is 0 Å². The molecule has 1 saturated heterocycles. The van der Waals surface area contributed by atoms with Gasteiger partial charge in [0, 0.05) is 19.6 Å². The Bertz CT molecular complexity index is 422. The van der Waals surface area contributed by atoms with Gasteiger partial charge >= 0.3 is 12.0 Å². The summed E-state index contributed by atoms with van der Waals surface area (Å²) < 4.78 is 10.2. The first-order chi connectivity index (χ1) is 10.3. The van der Waals surface area contributed by atoms with Gasteiger partial charge in [-0.25, -0.2) is 0 Å². The first-order valence-corrected chi connectivity index (χ1v) is 7.28. The van der Waals surface area contributed by atoms with Crippen LogP contribution >= 0.6 is 0 Å². The number of nitrogens with two attached hydrogens (primary N) is 1. The van der Waals surface area contributed by atoms with Gasteiger partial charge in [-0.05, 0) is 32.5 Å². The van der Waals surface area contributed by atoms with E-state index in [1.54, 1.807) is 0 Å². The first kappa shape index (κ1) is 15.7. The molecule has 0 saturated carbocycles. The van der Waals surface area contributed by atoms with Crippen molar-refractivity contribution in [2.45, 2.75) is 12.8 Å². The summed E-state index contributed by atoms with van der Waals surface area (Å²) in [4.78, 5) is 17.2. The molecule has 8 nitrogen and oxygen atoms in total. The van der Waals surface area contributed by atoms with Crippen molar-refractivity contribution in [3.8, 4) is 12.0 Å². The van der Waals surface area contributed by atoms with Crippen LogP contribution in [0.15, 0.2) is 0 Å². The maximum absolute atomic E-state index is 5.58. The molecule has 0 atom stereocenters. The van der Waals surface area contributed by atoms with Crippen LogP contribution in [-0.4, -0.2) is 73.3 Å². The third-order valence-corrected chi connectivity index (χ3v) is 3.50. The van der Waals surface area contributed by atoms with Crippen molar-refractivity contribution in [3.05, 3.63) is 0 Å². The van der Waals surface area contributed by atoms with Crippen LogP contribution in [-0.2, 0) is 0 Å². The summed E-state index contributed by atoms with van der Waals surface area (Å²) in [6, 6.07) is 0.558. The Morgan fingerprint density at radius 2 is 1.71 bits per heavy atom. The van der Waals surface area contributed by atoms with Crippen molar-refractivity contribution in [2.75, 3.05) is 58.4 Å². The second-order valence-corrected chi connectivity index (χ2v) is 4.93. The molecule has 0 unspecified atom stereocenters. The van der Waals surface area contributed by atoms with Gasteiger partial charge in [0.05, 0.1) is 14.2 Å². The lowest BCUT2D eigenvalue weighted by Gasteiger charge is -2.22. The molecule has 1 fully saturated rings. The van der Waals surface area contributed by atoms with Crippen molar-refractivity contribution < 1.29 is 9.47 Å². The van der Waals surface area contributed by atoms with Gasteiger partial charge in [-0.2, -0.15) is 9.97 Å². The number of rotatable bonds is 6. The summed E-state index contributed by atoms with van der Waals surface area (Å²) in [7, 11) is 3.07. The molecule has 0 aliphatic carbocycles. The fourth-order valence-corrected chi connectivity index (χ4v) is 2.36. The van der Waals surface area contributed by atoms with Crippen molar-refractivity contribution in [2.24, 2.45) is 5.73 Å². The van der Waals surface area contributed by atoms with E-state index >= 15 is 0 Å². The Morgan fingerprint density at radius 3 is 2.33 bits per heavy atom. The molecule has 21 heavy (non-hydrogen) atoms. The van der Waals surface area contributed by atoms with E-state index in [2.05, 4.69) is 24.8 Å². The standard InChI is InChI=1S/C13H24N6O2/c1-20-12-15-11(16-13(17-12)21-2)19-8-4-7-18(9-10-19)6-3-5-14/h3-10,14H2,1-2H3. The number of anilines is 1. The molecule has 2 heterocycles. The summed E-state index contributed by atoms with van der Waals surface area (Å²) in [5.74, 6) is 0.611. The smallest absolute Gasteiger partial charge is 0.324 e. The van der Waals surface area contributed by atoms with Gasteiger partial charge in [0.15, 0.2) is 0 Å². The zero-order valence-electron chi connectivity index (χ0n) is 12.8. The highest BCUT2D eigenvalue weighted by atomic mass is 16.5.